The van der Waals surface area contributed by atoms with E-state index in [4.69, 9.17) is 4.74 Å². The van der Waals surface area contributed by atoms with Gasteiger partial charge in [-0.25, -0.2) is 0 Å². The van der Waals surface area contributed by atoms with Crippen LogP contribution in [0.5, 0.6) is 5.75 Å². The number of hydrogen-bond donors (Lipinski definition) is 0. The second kappa shape index (κ2) is 10.1. The summed E-state index contributed by atoms with van der Waals surface area (Å²) in [7, 11) is 1.73. The maximum atomic E-state index is 5.40. The van der Waals surface area contributed by atoms with Crippen molar-refractivity contribution in [2.24, 2.45) is 0 Å². The first kappa shape index (κ1) is 19.3. The Hall–Kier alpha value is -1.03. The van der Waals surface area contributed by atoms with Gasteiger partial charge in [0.15, 0.2) is 0 Å². The molecule has 0 unspecified atom stereocenters. The van der Waals surface area contributed by atoms with Crippen LogP contribution in [-0.4, -0.2) is 55.7 Å². The van der Waals surface area contributed by atoms with Crippen molar-refractivity contribution in [3.8, 4) is 5.75 Å². The molecule has 4 heteroatoms. The van der Waals surface area contributed by atoms with Gasteiger partial charge in [0.2, 0.25) is 0 Å². The number of nitrogens with zero attached hydrogens (tertiary/aromatic N) is 2. The zero-order chi connectivity index (χ0) is 15.9. The van der Waals surface area contributed by atoms with Gasteiger partial charge < -0.3 is 9.64 Å². The molecule has 0 radical (unpaired) electrons. The Balaban J connectivity index is 0.00000208. The summed E-state index contributed by atoms with van der Waals surface area (Å²) in [6.07, 6.45) is 11.4. The molecule has 2 fully saturated rings. The molecule has 2 aliphatic rings. The predicted octanol–water partition coefficient (Wildman–Crippen LogP) is 4.08. The number of methoxy groups -OCH3 is 1. The second-order valence-corrected chi connectivity index (χ2v) is 6.77. The van der Waals surface area contributed by atoms with Crippen molar-refractivity contribution in [1.82, 2.24) is 9.80 Å². The predicted molar refractivity (Wildman–Crippen MR) is 104 cm³/mol. The largest absolute Gasteiger partial charge is 0.496 e. The van der Waals surface area contributed by atoms with Crippen molar-refractivity contribution in [2.75, 3.05) is 39.8 Å². The van der Waals surface area contributed by atoms with Crippen molar-refractivity contribution in [2.45, 2.75) is 38.1 Å². The van der Waals surface area contributed by atoms with Crippen molar-refractivity contribution >= 4 is 18.5 Å². The van der Waals surface area contributed by atoms with E-state index >= 15 is 0 Å². The zero-order valence-electron chi connectivity index (χ0n) is 14.8. The Labute approximate surface area is 153 Å². The summed E-state index contributed by atoms with van der Waals surface area (Å²) in [5, 5.41) is 0. The Kier molecular flexibility index (Phi) is 8.10. The van der Waals surface area contributed by atoms with Crippen LogP contribution in [0.4, 0.5) is 0 Å². The SMILES string of the molecule is COc1ccccc1C=CCN1CCC(N2CCCCC2)CC1.Cl. The molecule has 0 atom stereocenters. The van der Waals surface area contributed by atoms with Crippen molar-refractivity contribution in [1.29, 1.82) is 0 Å². The maximum Gasteiger partial charge on any atom is 0.126 e. The minimum absolute atomic E-state index is 0. The molecular formula is C20H31ClN2O. The number of para-hydroxylation sites is 1. The fourth-order valence-corrected chi connectivity index (χ4v) is 3.88. The summed E-state index contributed by atoms with van der Waals surface area (Å²) in [4.78, 5) is 5.32. The monoisotopic (exact) mass is 350 g/mol. The third kappa shape index (κ3) is 5.23. The van der Waals surface area contributed by atoms with Crippen molar-refractivity contribution in [3.05, 3.63) is 35.9 Å². The van der Waals surface area contributed by atoms with E-state index in [0.717, 1.165) is 18.3 Å². The van der Waals surface area contributed by atoms with Crippen molar-refractivity contribution < 1.29 is 4.74 Å². The van der Waals surface area contributed by atoms with Gasteiger partial charge in [0.1, 0.15) is 5.75 Å². The molecule has 1 aromatic rings. The molecule has 0 saturated carbocycles. The third-order valence-corrected chi connectivity index (χ3v) is 5.26. The maximum absolute atomic E-state index is 5.40. The van der Waals surface area contributed by atoms with Crippen LogP contribution in [-0.2, 0) is 0 Å². The molecule has 0 bridgehead atoms. The van der Waals surface area contributed by atoms with Crippen LogP contribution in [0.25, 0.3) is 6.08 Å². The molecule has 0 N–H and O–H groups in total. The minimum Gasteiger partial charge on any atom is -0.496 e. The topological polar surface area (TPSA) is 15.7 Å². The van der Waals surface area contributed by atoms with Crippen LogP contribution in [0, 0.1) is 0 Å². The average Bonchev–Trinajstić information content (AvgIpc) is 2.63. The summed E-state index contributed by atoms with van der Waals surface area (Å²) in [5.41, 5.74) is 1.17. The van der Waals surface area contributed by atoms with Crippen LogP contribution in [0.3, 0.4) is 0 Å². The minimum atomic E-state index is 0. The molecule has 2 heterocycles. The lowest BCUT2D eigenvalue weighted by molar-refractivity contribution is 0.0975. The molecule has 3 rings (SSSR count). The van der Waals surface area contributed by atoms with Gasteiger partial charge in [-0.1, -0.05) is 36.8 Å². The Morgan fingerprint density at radius 2 is 1.75 bits per heavy atom. The van der Waals surface area contributed by atoms with Crippen LogP contribution in [0.1, 0.15) is 37.7 Å². The molecule has 2 saturated heterocycles. The van der Waals surface area contributed by atoms with Crippen LogP contribution >= 0.6 is 12.4 Å². The summed E-state index contributed by atoms with van der Waals surface area (Å²) in [5.74, 6) is 0.951. The molecule has 0 spiro atoms. The standard InChI is InChI=1S/C20H30N2O.ClH/c1-23-20-10-4-3-8-18(20)9-7-13-21-16-11-19(12-17-21)22-14-5-2-6-15-22;/h3-4,7-10,19H,2,5-6,11-17H2,1H3;1H. The first-order valence-electron chi connectivity index (χ1n) is 9.13. The Morgan fingerprint density at radius 1 is 1.04 bits per heavy atom. The number of piperidine rings is 2. The summed E-state index contributed by atoms with van der Waals surface area (Å²) in [6, 6.07) is 9.04. The van der Waals surface area contributed by atoms with Gasteiger partial charge in [0.05, 0.1) is 7.11 Å². The quantitative estimate of drug-likeness (QED) is 0.795. The molecule has 1 aromatic carbocycles. The normalized spacial score (nSPS) is 20.9. The lowest BCUT2D eigenvalue weighted by Gasteiger charge is -2.40. The lowest BCUT2D eigenvalue weighted by Crippen LogP contribution is -2.46. The molecule has 134 valence electrons. The first-order valence-corrected chi connectivity index (χ1v) is 9.13. The zero-order valence-corrected chi connectivity index (χ0v) is 15.6. The number of likely N-dealkylation sites (tertiary alicyclic amines) is 2. The van der Waals surface area contributed by atoms with E-state index in [1.807, 2.05) is 12.1 Å². The number of rotatable bonds is 5. The van der Waals surface area contributed by atoms with Crippen LogP contribution < -0.4 is 4.74 Å². The molecule has 2 aliphatic heterocycles. The van der Waals surface area contributed by atoms with E-state index in [1.54, 1.807) is 7.11 Å². The highest BCUT2D eigenvalue weighted by Crippen LogP contribution is 2.21. The number of halogens is 1. The number of benzene rings is 1. The van der Waals surface area contributed by atoms with Crippen molar-refractivity contribution in [3.63, 3.8) is 0 Å². The van der Waals surface area contributed by atoms with Gasteiger partial charge in [0.25, 0.3) is 0 Å². The molecule has 24 heavy (non-hydrogen) atoms. The average molecular weight is 351 g/mol. The molecule has 3 nitrogen and oxygen atoms in total. The fourth-order valence-electron chi connectivity index (χ4n) is 3.88. The second-order valence-electron chi connectivity index (χ2n) is 6.77. The highest BCUT2D eigenvalue weighted by atomic mass is 35.5. The number of hydrogen-bond acceptors (Lipinski definition) is 3. The fraction of sp³-hybridized carbons (Fsp3) is 0.600. The summed E-state index contributed by atoms with van der Waals surface area (Å²) < 4.78 is 5.40. The van der Waals surface area contributed by atoms with E-state index in [9.17, 15) is 0 Å². The van der Waals surface area contributed by atoms with E-state index < -0.39 is 0 Å². The molecule has 0 amide bonds. The highest BCUT2D eigenvalue weighted by Gasteiger charge is 2.24. The van der Waals surface area contributed by atoms with Crippen LogP contribution in [0.2, 0.25) is 0 Å². The third-order valence-electron chi connectivity index (χ3n) is 5.26. The van der Waals surface area contributed by atoms with Gasteiger partial charge in [0, 0.05) is 18.2 Å². The van der Waals surface area contributed by atoms with E-state index in [-0.39, 0.29) is 12.4 Å². The smallest absolute Gasteiger partial charge is 0.126 e. The van der Waals surface area contributed by atoms with Gasteiger partial charge in [-0.3, -0.25) is 4.90 Å². The van der Waals surface area contributed by atoms with Gasteiger partial charge in [-0.15, -0.1) is 12.4 Å². The Bertz CT molecular complexity index is 506. The van der Waals surface area contributed by atoms with Gasteiger partial charge in [-0.2, -0.15) is 0 Å². The van der Waals surface area contributed by atoms with E-state index in [2.05, 4.69) is 34.1 Å². The first-order chi connectivity index (χ1) is 11.4. The lowest BCUT2D eigenvalue weighted by atomic mass is 10.00. The van der Waals surface area contributed by atoms with Crippen LogP contribution in [0.15, 0.2) is 30.3 Å². The summed E-state index contributed by atoms with van der Waals surface area (Å²) >= 11 is 0. The van der Waals surface area contributed by atoms with Gasteiger partial charge in [-0.05, 0) is 57.9 Å². The van der Waals surface area contributed by atoms with E-state index in [0.29, 0.717) is 0 Å². The van der Waals surface area contributed by atoms with Gasteiger partial charge >= 0.3 is 0 Å². The Morgan fingerprint density at radius 3 is 2.46 bits per heavy atom. The van der Waals surface area contributed by atoms with E-state index in [1.165, 1.54) is 63.8 Å². The molecule has 0 aliphatic carbocycles. The molecular weight excluding hydrogens is 320 g/mol. The highest BCUT2D eigenvalue weighted by molar-refractivity contribution is 5.85. The molecule has 0 aromatic heterocycles. The summed E-state index contributed by atoms with van der Waals surface area (Å²) in [6.45, 7) is 6.18. The number of ether oxygens (including phenoxy) is 1.